The van der Waals surface area contributed by atoms with Crippen molar-refractivity contribution >= 4 is 16.7 Å². The number of hydrogen-bond donors (Lipinski definition) is 0. The molecule has 1 aliphatic rings. The van der Waals surface area contributed by atoms with Crippen LogP contribution in [-0.2, 0) is 0 Å². The van der Waals surface area contributed by atoms with E-state index < -0.39 is 0 Å². The van der Waals surface area contributed by atoms with Gasteiger partial charge in [-0.1, -0.05) is 36.4 Å². The Balaban J connectivity index is 1.81. The second-order valence-corrected chi connectivity index (χ2v) is 6.77. The van der Waals surface area contributed by atoms with E-state index in [-0.39, 0.29) is 0 Å². The highest BCUT2D eigenvalue weighted by Crippen LogP contribution is 2.26. The largest absolute Gasteiger partial charge is 0.350 e. The number of aromatic nitrogens is 2. The molecule has 0 saturated carbocycles. The van der Waals surface area contributed by atoms with Gasteiger partial charge in [-0.15, -0.1) is 3.96 Å². The monoisotopic (exact) mass is 322 g/mol. The third-order valence-corrected chi connectivity index (χ3v) is 5.30. The third-order valence-electron chi connectivity index (χ3n) is 4.22. The predicted octanol–water partition coefficient (Wildman–Crippen LogP) is 4.08. The lowest BCUT2D eigenvalue weighted by atomic mass is 10.1. The van der Waals surface area contributed by atoms with Gasteiger partial charge >= 0.3 is 11.0 Å². The van der Waals surface area contributed by atoms with Crippen LogP contribution < -0.4 is 8.86 Å². The Morgan fingerprint density at radius 1 is 0.826 bits per heavy atom. The summed E-state index contributed by atoms with van der Waals surface area (Å²) in [6, 6.07) is 21.0. The molecule has 2 heterocycles. The van der Waals surface area contributed by atoms with Crippen LogP contribution in [0.2, 0.25) is 0 Å². The van der Waals surface area contributed by atoms with E-state index in [2.05, 4.69) is 63.5 Å². The molecule has 1 aliphatic heterocycles. The van der Waals surface area contributed by atoms with Gasteiger partial charge in [0.1, 0.15) is 17.2 Å². The van der Waals surface area contributed by atoms with E-state index >= 15 is 0 Å². The average Bonchev–Trinajstić information content (AvgIpc) is 3.09. The summed E-state index contributed by atoms with van der Waals surface area (Å²) in [5.74, 6) is 1.03. The number of benzene rings is 2. The second-order valence-electron chi connectivity index (χ2n) is 5.85. The number of nitrogens with zero attached hydrogens (tertiary/aromatic N) is 3. The Bertz CT molecular complexity index is 705. The van der Waals surface area contributed by atoms with Crippen molar-refractivity contribution in [3.8, 4) is 17.1 Å². The van der Waals surface area contributed by atoms with Crippen molar-refractivity contribution in [1.29, 1.82) is 0 Å². The lowest BCUT2D eigenvalue weighted by Gasteiger charge is -2.22. The topological polar surface area (TPSA) is 20.0 Å². The van der Waals surface area contributed by atoms with Crippen LogP contribution in [0, 0.1) is 0 Å². The summed E-state index contributed by atoms with van der Waals surface area (Å²) in [6.07, 6.45) is 3.88. The predicted molar refractivity (Wildman–Crippen MR) is 95.1 cm³/mol. The van der Waals surface area contributed by atoms with Gasteiger partial charge in [-0.05, 0) is 48.5 Å². The third kappa shape index (κ3) is 2.99. The molecule has 1 saturated heterocycles. The van der Waals surface area contributed by atoms with E-state index in [1.54, 1.807) is 11.5 Å². The molecule has 0 N–H and O–H groups in total. The first-order valence-corrected chi connectivity index (χ1v) is 8.98. The molecule has 0 unspecified atom stereocenters. The van der Waals surface area contributed by atoms with Crippen LogP contribution in [0.3, 0.4) is 0 Å². The van der Waals surface area contributed by atoms with Crippen LogP contribution in [0.1, 0.15) is 19.3 Å². The maximum atomic E-state index is 4.99. The standard InChI is InChI=1S/C19H20N3S/c1-4-10-16(11-5-1)18-20-19(21-14-8-3-9-15-21)23-22(18)17-12-6-2-7-13-17/h1-2,4-7,10-13H,3,8-9,14-15H2/q+1. The van der Waals surface area contributed by atoms with Gasteiger partial charge in [-0.3, -0.25) is 0 Å². The minimum Gasteiger partial charge on any atom is -0.324 e. The number of para-hydroxylation sites is 1. The molecule has 2 aromatic carbocycles. The first-order valence-electron chi connectivity index (χ1n) is 8.21. The molecule has 3 nitrogen and oxygen atoms in total. The fourth-order valence-electron chi connectivity index (χ4n) is 3.00. The van der Waals surface area contributed by atoms with Crippen molar-refractivity contribution in [1.82, 2.24) is 4.98 Å². The number of rotatable bonds is 3. The van der Waals surface area contributed by atoms with Gasteiger partial charge < -0.3 is 4.90 Å². The van der Waals surface area contributed by atoms with Gasteiger partial charge in [0.25, 0.3) is 0 Å². The summed E-state index contributed by atoms with van der Waals surface area (Å²) in [5.41, 5.74) is 2.34. The lowest BCUT2D eigenvalue weighted by Crippen LogP contribution is -2.30. The van der Waals surface area contributed by atoms with Crippen LogP contribution in [0.15, 0.2) is 60.7 Å². The van der Waals surface area contributed by atoms with Crippen molar-refractivity contribution in [3.05, 3.63) is 60.7 Å². The number of anilines is 1. The quantitative estimate of drug-likeness (QED) is 0.677. The maximum absolute atomic E-state index is 4.99. The molecule has 0 aliphatic carbocycles. The fourth-order valence-corrected chi connectivity index (χ4v) is 4.05. The molecule has 4 rings (SSSR count). The highest BCUT2D eigenvalue weighted by molar-refractivity contribution is 7.06. The average molecular weight is 322 g/mol. The molecule has 4 heteroatoms. The Labute approximate surface area is 141 Å². The molecule has 3 aromatic rings. The van der Waals surface area contributed by atoms with E-state index in [0.29, 0.717) is 0 Å². The molecule has 1 aromatic heterocycles. The summed E-state index contributed by atoms with van der Waals surface area (Å²) < 4.78 is 2.25. The van der Waals surface area contributed by atoms with E-state index in [4.69, 9.17) is 4.98 Å². The Hall–Kier alpha value is -2.20. The molecule has 23 heavy (non-hydrogen) atoms. The van der Waals surface area contributed by atoms with Gasteiger partial charge in [0.2, 0.25) is 0 Å². The summed E-state index contributed by atoms with van der Waals surface area (Å²) >= 11 is 1.75. The van der Waals surface area contributed by atoms with Crippen molar-refractivity contribution in [2.75, 3.05) is 18.0 Å². The SMILES string of the molecule is c1ccc(-c2nc(N3CCCCC3)s[n+]2-c2ccccc2)cc1. The summed E-state index contributed by atoms with van der Waals surface area (Å²) in [4.78, 5) is 7.42. The van der Waals surface area contributed by atoms with Gasteiger partial charge in [-0.2, -0.15) is 0 Å². The van der Waals surface area contributed by atoms with Gasteiger partial charge in [0, 0.05) is 13.1 Å². The number of piperidine rings is 1. The summed E-state index contributed by atoms with van der Waals surface area (Å²) in [7, 11) is 0. The Kier molecular flexibility index (Phi) is 4.07. The van der Waals surface area contributed by atoms with Crippen LogP contribution >= 0.6 is 11.5 Å². The van der Waals surface area contributed by atoms with Gasteiger partial charge in [0.15, 0.2) is 0 Å². The highest BCUT2D eigenvalue weighted by Gasteiger charge is 2.28. The molecule has 0 radical (unpaired) electrons. The van der Waals surface area contributed by atoms with Gasteiger partial charge in [0.05, 0.1) is 5.56 Å². The summed E-state index contributed by atoms with van der Waals surface area (Å²) in [5, 5.41) is 1.13. The zero-order valence-corrected chi connectivity index (χ0v) is 13.9. The zero-order chi connectivity index (χ0) is 15.5. The lowest BCUT2D eigenvalue weighted by molar-refractivity contribution is -0.509. The zero-order valence-electron chi connectivity index (χ0n) is 13.1. The Morgan fingerprint density at radius 2 is 1.48 bits per heavy atom. The van der Waals surface area contributed by atoms with E-state index in [9.17, 15) is 0 Å². The van der Waals surface area contributed by atoms with Gasteiger partial charge in [-0.25, -0.2) is 0 Å². The van der Waals surface area contributed by atoms with Crippen molar-refractivity contribution < 1.29 is 3.96 Å². The molecule has 0 atom stereocenters. The fraction of sp³-hybridized carbons (Fsp3) is 0.263. The number of hydrogen-bond acceptors (Lipinski definition) is 3. The maximum Gasteiger partial charge on any atom is 0.350 e. The van der Waals surface area contributed by atoms with Crippen molar-refractivity contribution in [2.24, 2.45) is 0 Å². The Morgan fingerprint density at radius 3 is 2.17 bits per heavy atom. The first kappa shape index (κ1) is 14.4. The van der Waals surface area contributed by atoms with Crippen LogP contribution in [-0.4, -0.2) is 18.1 Å². The molecular formula is C19H20N3S+. The molecule has 116 valence electrons. The minimum absolute atomic E-state index is 1.03. The van der Waals surface area contributed by atoms with Crippen LogP contribution in [0.5, 0.6) is 0 Å². The van der Waals surface area contributed by atoms with Crippen LogP contribution in [0.4, 0.5) is 5.13 Å². The van der Waals surface area contributed by atoms with E-state index in [1.807, 2.05) is 6.07 Å². The summed E-state index contributed by atoms with van der Waals surface area (Å²) in [6.45, 7) is 2.24. The highest BCUT2D eigenvalue weighted by atomic mass is 32.1. The minimum atomic E-state index is 1.03. The first-order chi connectivity index (χ1) is 11.4. The van der Waals surface area contributed by atoms with E-state index in [0.717, 1.165) is 29.6 Å². The second kappa shape index (κ2) is 6.50. The normalized spacial score (nSPS) is 14.9. The smallest absolute Gasteiger partial charge is 0.324 e. The molecule has 0 amide bonds. The molecule has 1 fully saturated rings. The molecular weight excluding hydrogens is 302 g/mol. The molecule has 0 bridgehead atoms. The van der Waals surface area contributed by atoms with E-state index in [1.165, 1.54) is 24.9 Å². The van der Waals surface area contributed by atoms with Crippen molar-refractivity contribution in [2.45, 2.75) is 19.3 Å². The van der Waals surface area contributed by atoms with Crippen molar-refractivity contribution in [3.63, 3.8) is 0 Å². The van der Waals surface area contributed by atoms with Crippen LogP contribution in [0.25, 0.3) is 17.1 Å². The molecule has 0 spiro atoms.